The highest BCUT2D eigenvalue weighted by molar-refractivity contribution is 5.52. The number of rotatable bonds is 0. The predicted molar refractivity (Wildman–Crippen MR) is 93.5 cm³/mol. The van der Waals surface area contributed by atoms with Gasteiger partial charge >= 0.3 is 0 Å². The van der Waals surface area contributed by atoms with Gasteiger partial charge in [-0.3, -0.25) is 0 Å². The molecule has 1 saturated carbocycles. The fourth-order valence-corrected chi connectivity index (χ4v) is 5.58. The Morgan fingerprint density at radius 1 is 0.955 bits per heavy atom. The van der Waals surface area contributed by atoms with Crippen LogP contribution in [0, 0.1) is 34.0 Å². The zero-order valence-electron chi connectivity index (χ0n) is 15.1. The molecule has 3 aliphatic carbocycles. The van der Waals surface area contributed by atoms with Crippen molar-refractivity contribution in [1.29, 1.82) is 0 Å². The summed E-state index contributed by atoms with van der Waals surface area (Å²) in [5.74, 6) is 1.86. The van der Waals surface area contributed by atoms with Crippen molar-refractivity contribution >= 4 is 0 Å². The highest BCUT2D eigenvalue weighted by Crippen LogP contribution is 2.68. The molecular weight excluding hydrogens is 268 g/mol. The molecule has 3 rings (SSSR count). The minimum Gasteiger partial charge on any atom is -0.508 e. The summed E-state index contributed by atoms with van der Waals surface area (Å²) in [4.78, 5) is 0. The van der Waals surface area contributed by atoms with Crippen LogP contribution in [0.15, 0.2) is 47.3 Å². The predicted octanol–water partition coefficient (Wildman–Crippen LogP) is 5.83. The van der Waals surface area contributed by atoms with Crippen molar-refractivity contribution in [3.05, 3.63) is 47.3 Å². The molecule has 0 radical (unpaired) electrons. The molecule has 0 amide bonds. The molecular formula is C21H30O. The summed E-state index contributed by atoms with van der Waals surface area (Å²) in [5, 5.41) is 10.4. The highest BCUT2D eigenvalue weighted by Gasteiger charge is 2.61. The second kappa shape index (κ2) is 4.40. The van der Waals surface area contributed by atoms with E-state index in [1.807, 2.05) is 6.08 Å². The maximum absolute atomic E-state index is 10.4. The van der Waals surface area contributed by atoms with E-state index in [2.05, 4.69) is 72.8 Å². The number of hydrogen-bond acceptors (Lipinski definition) is 1. The quantitative estimate of drug-likeness (QED) is 0.597. The number of aliphatic hydroxyl groups is 1. The van der Waals surface area contributed by atoms with Gasteiger partial charge in [-0.25, -0.2) is 0 Å². The van der Waals surface area contributed by atoms with Crippen LogP contribution in [0.5, 0.6) is 0 Å². The van der Waals surface area contributed by atoms with E-state index in [0.717, 1.165) is 5.57 Å². The molecule has 1 N–H and O–H groups in total. The van der Waals surface area contributed by atoms with Crippen LogP contribution in [-0.2, 0) is 0 Å². The van der Waals surface area contributed by atoms with Gasteiger partial charge < -0.3 is 5.11 Å². The lowest BCUT2D eigenvalue weighted by Crippen LogP contribution is -2.41. The van der Waals surface area contributed by atoms with Gasteiger partial charge in [0.2, 0.25) is 0 Å². The van der Waals surface area contributed by atoms with Gasteiger partial charge in [-0.1, -0.05) is 78.3 Å². The normalized spacial score (nSPS) is 37.4. The van der Waals surface area contributed by atoms with Crippen molar-refractivity contribution in [3.63, 3.8) is 0 Å². The van der Waals surface area contributed by atoms with E-state index in [4.69, 9.17) is 0 Å². The molecule has 0 aromatic heterocycles. The van der Waals surface area contributed by atoms with Crippen LogP contribution in [0.25, 0.3) is 0 Å². The van der Waals surface area contributed by atoms with Crippen molar-refractivity contribution in [2.45, 2.75) is 48.5 Å². The lowest BCUT2D eigenvalue weighted by atomic mass is 9.57. The Kier molecular flexibility index (Phi) is 3.13. The average molecular weight is 298 g/mol. The van der Waals surface area contributed by atoms with E-state index >= 15 is 0 Å². The molecule has 0 aromatic carbocycles. The molecule has 0 heterocycles. The van der Waals surface area contributed by atoms with Crippen molar-refractivity contribution in [2.24, 2.45) is 34.0 Å². The Bertz CT molecular complexity index is 615. The van der Waals surface area contributed by atoms with Gasteiger partial charge in [-0.15, -0.1) is 0 Å². The number of hydrogen-bond donors (Lipinski definition) is 1. The van der Waals surface area contributed by atoms with Gasteiger partial charge in [-0.2, -0.15) is 0 Å². The van der Waals surface area contributed by atoms with Gasteiger partial charge in [-0.05, 0) is 28.7 Å². The van der Waals surface area contributed by atoms with Crippen molar-refractivity contribution < 1.29 is 5.11 Å². The van der Waals surface area contributed by atoms with E-state index in [-0.39, 0.29) is 16.2 Å². The Morgan fingerprint density at radius 2 is 1.59 bits per heavy atom. The minimum absolute atomic E-state index is 0.0777. The van der Waals surface area contributed by atoms with Gasteiger partial charge in [0.15, 0.2) is 0 Å². The van der Waals surface area contributed by atoms with Crippen LogP contribution in [0.3, 0.4) is 0 Å². The third-order valence-electron chi connectivity index (χ3n) is 5.96. The summed E-state index contributed by atoms with van der Waals surface area (Å²) >= 11 is 0. The summed E-state index contributed by atoms with van der Waals surface area (Å²) in [7, 11) is 0. The lowest BCUT2D eigenvalue weighted by Gasteiger charge is -2.47. The van der Waals surface area contributed by atoms with Crippen LogP contribution < -0.4 is 0 Å². The second-order valence-electron chi connectivity index (χ2n) is 9.69. The monoisotopic (exact) mass is 298 g/mol. The first-order valence-electron chi connectivity index (χ1n) is 8.48. The van der Waals surface area contributed by atoms with E-state index in [9.17, 15) is 5.11 Å². The maximum atomic E-state index is 10.4. The van der Waals surface area contributed by atoms with Gasteiger partial charge in [0, 0.05) is 16.9 Å². The first kappa shape index (κ1) is 15.6. The number of aliphatic hydroxyl groups excluding tert-OH is 1. The SMILES string of the molecule is CC(C)(C)C1C2=CC=C(O)C3=CC=CC(C)(C32)C1C(C)(C)C. The molecule has 0 aliphatic heterocycles. The molecule has 22 heavy (non-hydrogen) atoms. The topological polar surface area (TPSA) is 20.2 Å². The lowest BCUT2D eigenvalue weighted by molar-refractivity contribution is 0.0477. The molecule has 1 heteroatoms. The second-order valence-corrected chi connectivity index (χ2v) is 9.69. The van der Waals surface area contributed by atoms with Gasteiger partial charge in [0.05, 0.1) is 0 Å². The summed E-state index contributed by atoms with van der Waals surface area (Å²) in [6.45, 7) is 16.6. The molecule has 0 saturated heterocycles. The van der Waals surface area contributed by atoms with Gasteiger partial charge in [0.1, 0.15) is 5.76 Å². The molecule has 120 valence electrons. The van der Waals surface area contributed by atoms with Gasteiger partial charge in [0.25, 0.3) is 0 Å². The Hall–Kier alpha value is -1.24. The van der Waals surface area contributed by atoms with Crippen molar-refractivity contribution in [3.8, 4) is 0 Å². The maximum Gasteiger partial charge on any atom is 0.119 e. The highest BCUT2D eigenvalue weighted by atomic mass is 16.3. The standard InChI is InChI=1S/C21H30O/c1-19(2,3)17-14-10-11-15(22)13-9-8-12-21(7,16(13)14)18(17)20(4,5)6/h8-12,16-18,22H,1-7H3. The Morgan fingerprint density at radius 3 is 2.14 bits per heavy atom. The summed E-state index contributed by atoms with van der Waals surface area (Å²) in [6.07, 6.45) is 10.8. The Balaban J connectivity index is 2.27. The fraction of sp³-hybridized carbons (Fsp3) is 0.619. The molecule has 1 nitrogen and oxygen atoms in total. The van der Waals surface area contributed by atoms with Crippen LogP contribution in [0.4, 0.5) is 0 Å². The zero-order valence-corrected chi connectivity index (χ0v) is 15.1. The number of allylic oxidation sites excluding steroid dienone is 7. The fourth-order valence-electron chi connectivity index (χ4n) is 5.58. The molecule has 3 aliphatic rings. The van der Waals surface area contributed by atoms with Crippen LogP contribution in [0.2, 0.25) is 0 Å². The van der Waals surface area contributed by atoms with E-state index in [1.54, 1.807) is 0 Å². The first-order valence-corrected chi connectivity index (χ1v) is 8.48. The molecule has 1 fully saturated rings. The third-order valence-corrected chi connectivity index (χ3v) is 5.96. The Labute approximate surface area is 135 Å². The largest absolute Gasteiger partial charge is 0.508 e. The molecule has 0 bridgehead atoms. The summed E-state index contributed by atoms with van der Waals surface area (Å²) in [5.41, 5.74) is 3.14. The van der Waals surface area contributed by atoms with E-state index in [1.165, 1.54) is 5.57 Å². The summed E-state index contributed by atoms with van der Waals surface area (Å²) < 4.78 is 0. The van der Waals surface area contributed by atoms with E-state index in [0.29, 0.717) is 23.5 Å². The van der Waals surface area contributed by atoms with E-state index < -0.39 is 0 Å². The van der Waals surface area contributed by atoms with Crippen LogP contribution in [-0.4, -0.2) is 5.11 Å². The van der Waals surface area contributed by atoms with Crippen LogP contribution in [0.1, 0.15) is 48.5 Å². The molecule has 0 aromatic rings. The van der Waals surface area contributed by atoms with Crippen molar-refractivity contribution in [2.75, 3.05) is 0 Å². The molecule has 0 spiro atoms. The minimum atomic E-state index is 0.0777. The average Bonchev–Trinajstić information content (AvgIpc) is 2.63. The molecule has 4 atom stereocenters. The zero-order chi connectivity index (χ0) is 16.5. The van der Waals surface area contributed by atoms with Crippen molar-refractivity contribution in [1.82, 2.24) is 0 Å². The smallest absolute Gasteiger partial charge is 0.119 e. The first-order chi connectivity index (χ1) is 9.98. The third kappa shape index (κ3) is 1.97. The van der Waals surface area contributed by atoms with Crippen LogP contribution >= 0.6 is 0 Å². The molecule has 4 unspecified atom stereocenters. The summed E-state index contributed by atoms with van der Waals surface area (Å²) in [6, 6.07) is 0.